The minimum Gasteiger partial charge on any atom is -0.335 e. The maximum Gasteiger partial charge on any atom is 0.363 e. The van der Waals surface area contributed by atoms with E-state index in [4.69, 9.17) is 4.84 Å². The number of nitrogens with one attached hydrogen (secondary N) is 1. The Morgan fingerprint density at radius 3 is 2.10 bits per heavy atom. The van der Waals surface area contributed by atoms with Gasteiger partial charge in [-0.05, 0) is 44.0 Å². The Labute approximate surface area is 123 Å². The van der Waals surface area contributed by atoms with Gasteiger partial charge in [-0.2, -0.15) is 5.48 Å². The van der Waals surface area contributed by atoms with Crippen molar-refractivity contribution in [1.82, 2.24) is 5.48 Å². The van der Waals surface area contributed by atoms with Crippen LogP contribution in [0.3, 0.4) is 0 Å². The van der Waals surface area contributed by atoms with Gasteiger partial charge in [-0.15, -0.1) is 0 Å². The van der Waals surface area contributed by atoms with Gasteiger partial charge in [0.05, 0.1) is 5.56 Å². The first-order valence-corrected chi connectivity index (χ1v) is 6.63. The molecule has 1 amide bonds. The molecule has 0 heterocycles. The molecule has 21 heavy (non-hydrogen) atoms. The molecule has 108 valence electrons. The van der Waals surface area contributed by atoms with Gasteiger partial charge in [0.25, 0.3) is 5.91 Å². The van der Waals surface area contributed by atoms with Crippen LogP contribution >= 0.6 is 0 Å². The molecule has 0 aliphatic carbocycles. The SMILES string of the molecule is Cc1cc(C)c(C(=O)ONC(=O)c2ccccc2)c(C)c1. The molecule has 0 aromatic heterocycles. The lowest BCUT2D eigenvalue weighted by molar-refractivity contribution is 0.0228. The lowest BCUT2D eigenvalue weighted by Gasteiger charge is -2.11. The van der Waals surface area contributed by atoms with Gasteiger partial charge in [-0.1, -0.05) is 35.9 Å². The van der Waals surface area contributed by atoms with Crippen molar-refractivity contribution in [2.45, 2.75) is 20.8 Å². The highest BCUT2D eigenvalue weighted by Gasteiger charge is 2.16. The fraction of sp³-hybridized carbons (Fsp3) is 0.176. The van der Waals surface area contributed by atoms with E-state index in [-0.39, 0.29) is 0 Å². The van der Waals surface area contributed by atoms with Gasteiger partial charge in [0.15, 0.2) is 0 Å². The minimum absolute atomic E-state index is 0.433. The van der Waals surface area contributed by atoms with Crippen LogP contribution in [0.25, 0.3) is 0 Å². The summed E-state index contributed by atoms with van der Waals surface area (Å²) in [5, 5.41) is 0. The molecule has 0 radical (unpaired) electrons. The molecule has 0 fully saturated rings. The van der Waals surface area contributed by atoms with E-state index in [2.05, 4.69) is 5.48 Å². The molecule has 2 aromatic carbocycles. The van der Waals surface area contributed by atoms with E-state index in [1.54, 1.807) is 24.3 Å². The van der Waals surface area contributed by atoms with Crippen LogP contribution in [0.15, 0.2) is 42.5 Å². The smallest absolute Gasteiger partial charge is 0.335 e. The molecule has 0 aliphatic heterocycles. The quantitative estimate of drug-likeness (QED) is 0.862. The van der Waals surface area contributed by atoms with Gasteiger partial charge in [-0.3, -0.25) is 4.79 Å². The maximum atomic E-state index is 12.1. The standard InChI is InChI=1S/C17H17NO3/c1-11-9-12(2)15(13(3)10-11)17(20)21-18-16(19)14-7-5-4-6-8-14/h4-10H,1-3H3,(H,18,19). The number of carbonyl (C=O) groups excluding carboxylic acids is 2. The van der Waals surface area contributed by atoms with Gasteiger partial charge in [0, 0.05) is 5.56 Å². The molecular weight excluding hydrogens is 266 g/mol. The molecule has 0 saturated carbocycles. The normalized spacial score (nSPS) is 10.0. The molecule has 4 heteroatoms. The second-order valence-corrected chi connectivity index (χ2v) is 4.96. The summed E-state index contributed by atoms with van der Waals surface area (Å²) in [6.45, 7) is 5.65. The Morgan fingerprint density at radius 2 is 1.52 bits per heavy atom. The summed E-state index contributed by atoms with van der Waals surface area (Å²) in [6.07, 6.45) is 0. The summed E-state index contributed by atoms with van der Waals surface area (Å²) in [7, 11) is 0. The van der Waals surface area contributed by atoms with Crippen LogP contribution in [0.5, 0.6) is 0 Å². The number of hydrogen-bond acceptors (Lipinski definition) is 3. The van der Waals surface area contributed by atoms with Crippen molar-refractivity contribution in [3.63, 3.8) is 0 Å². The summed E-state index contributed by atoms with van der Waals surface area (Å²) in [5.74, 6) is -1.01. The van der Waals surface area contributed by atoms with Crippen LogP contribution in [0, 0.1) is 20.8 Å². The summed E-state index contributed by atoms with van der Waals surface area (Å²) in [6, 6.07) is 12.4. The molecule has 0 unspecified atom stereocenters. The topological polar surface area (TPSA) is 55.4 Å². The first-order chi connectivity index (χ1) is 9.99. The van der Waals surface area contributed by atoms with E-state index >= 15 is 0 Å². The minimum atomic E-state index is -0.561. The van der Waals surface area contributed by atoms with Crippen molar-refractivity contribution in [2.75, 3.05) is 0 Å². The third-order valence-electron chi connectivity index (χ3n) is 3.15. The molecule has 2 aromatic rings. The zero-order valence-corrected chi connectivity index (χ0v) is 12.3. The van der Waals surface area contributed by atoms with Crippen LogP contribution in [0.1, 0.15) is 37.4 Å². The molecule has 2 rings (SSSR count). The molecule has 0 atom stereocenters. The summed E-state index contributed by atoms with van der Waals surface area (Å²) >= 11 is 0. The zero-order chi connectivity index (χ0) is 15.4. The molecule has 1 N–H and O–H groups in total. The number of hydroxylamine groups is 1. The number of rotatable bonds is 2. The van der Waals surface area contributed by atoms with Crippen molar-refractivity contribution in [3.8, 4) is 0 Å². The highest BCUT2D eigenvalue weighted by atomic mass is 16.7. The highest BCUT2D eigenvalue weighted by Crippen LogP contribution is 2.17. The van der Waals surface area contributed by atoms with E-state index in [1.165, 1.54) is 0 Å². The number of aryl methyl sites for hydroxylation is 3. The van der Waals surface area contributed by atoms with Crippen LogP contribution in [-0.2, 0) is 4.84 Å². The second-order valence-electron chi connectivity index (χ2n) is 4.96. The number of amides is 1. The third-order valence-corrected chi connectivity index (χ3v) is 3.15. The molecular formula is C17H17NO3. The second kappa shape index (κ2) is 6.22. The molecule has 0 bridgehead atoms. The monoisotopic (exact) mass is 283 g/mol. The fourth-order valence-electron chi connectivity index (χ4n) is 2.29. The Hall–Kier alpha value is -2.62. The van der Waals surface area contributed by atoms with Gasteiger partial charge in [-0.25, -0.2) is 4.79 Å². The lowest BCUT2D eigenvalue weighted by Crippen LogP contribution is -2.27. The third kappa shape index (κ3) is 3.48. The van der Waals surface area contributed by atoms with Crippen LogP contribution in [0.2, 0.25) is 0 Å². The highest BCUT2D eigenvalue weighted by molar-refractivity contribution is 5.97. The molecule has 0 saturated heterocycles. The van der Waals surface area contributed by atoms with Gasteiger partial charge >= 0.3 is 5.97 Å². The van der Waals surface area contributed by atoms with Crippen molar-refractivity contribution in [2.24, 2.45) is 0 Å². The van der Waals surface area contributed by atoms with Crippen molar-refractivity contribution in [1.29, 1.82) is 0 Å². The number of hydrogen-bond donors (Lipinski definition) is 1. The lowest BCUT2D eigenvalue weighted by atomic mass is 10.0. The van der Waals surface area contributed by atoms with Crippen molar-refractivity contribution >= 4 is 11.9 Å². The van der Waals surface area contributed by atoms with Gasteiger partial charge in [0.1, 0.15) is 0 Å². The van der Waals surface area contributed by atoms with Crippen molar-refractivity contribution < 1.29 is 14.4 Å². The molecule has 0 aliphatic rings. The van der Waals surface area contributed by atoms with Crippen LogP contribution in [0.4, 0.5) is 0 Å². The zero-order valence-electron chi connectivity index (χ0n) is 12.3. The summed E-state index contributed by atoms with van der Waals surface area (Å²) in [5.41, 5.74) is 5.82. The van der Waals surface area contributed by atoms with E-state index in [1.807, 2.05) is 39.0 Å². The number of carbonyl (C=O) groups is 2. The Morgan fingerprint density at radius 1 is 0.952 bits per heavy atom. The van der Waals surface area contributed by atoms with Gasteiger partial charge < -0.3 is 4.84 Å². The average molecular weight is 283 g/mol. The first-order valence-electron chi connectivity index (χ1n) is 6.63. The average Bonchev–Trinajstić information content (AvgIpc) is 2.44. The van der Waals surface area contributed by atoms with Crippen molar-refractivity contribution in [3.05, 3.63) is 70.3 Å². The number of benzene rings is 2. The predicted octanol–water partition coefficient (Wildman–Crippen LogP) is 3.11. The summed E-state index contributed by atoms with van der Waals surface area (Å²) < 4.78 is 0. The van der Waals surface area contributed by atoms with E-state index in [0.29, 0.717) is 11.1 Å². The van der Waals surface area contributed by atoms with Crippen LogP contribution < -0.4 is 5.48 Å². The van der Waals surface area contributed by atoms with E-state index < -0.39 is 11.9 Å². The molecule has 4 nitrogen and oxygen atoms in total. The fourth-order valence-corrected chi connectivity index (χ4v) is 2.29. The Kier molecular flexibility index (Phi) is 4.38. The largest absolute Gasteiger partial charge is 0.363 e. The Balaban J connectivity index is 2.08. The molecule has 0 spiro atoms. The van der Waals surface area contributed by atoms with E-state index in [0.717, 1.165) is 16.7 Å². The van der Waals surface area contributed by atoms with Gasteiger partial charge in [0.2, 0.25) is 0 Å². The summed E-state index contributed by atoms with van der Waals surface area (Å²) in [4.78, 5) is 28.8. The van der Waals surface area contributed by atoms with Crippen LogP contribution in [-0.4, -0.2) is 11.9 Å². The first kappa shape index (κ1) is 14.8. The maximum absolute atomic E-state index is 12.1. The van der Waals surface area contributed by atoms with E-state index in [9.17, 15) is 9.59 Å². The predicted molar refractivity (Wildman–Crippen MR) is 80.0 cm³/mol. The Bertz CT molecular complexity index is 655.